The van der Waals surface area contributed by atoms with Crippen LogP contribution in [0, 0.1) is 5.82 Å². The highest BCUT2D eigenvalue weighted by atomic mass is 19.1. The van der Waals surface area contributed by atoms with E-state index in [0.717, 1.165) is 31.0 Å². The van der Waals surface area contributed by atoms with Crippen LogP contribution in [0.1, 0.15) is 17.9 Å². The number of carbonyl (C=O) groups is 1. The Bertz CT molecular complexity index is 1190. The monoisotopic (exact) mass is 432 g/mol. The molecule has 0 saturated carbocycles. The van der Waals surface area contributed by atoms with Crippen LogP contribution in [-0.4, -0.2) is 51.3 Å². The van der Waals surface area contributed by atoms with Crippen LogP contribution in [0.3, 0.4) is 0 Å². The second-order valence-corrected chi connectivity index (χ2v) is 8.10. The Balaban J connectivity index is 1.11. The highest BCUT2D eigenvalue weighted by molar-refractivity contribution is 5.76. The Hall–Kier alpha value is -3.45. The largest absolute Gasteiger partial charge is 0.461 e. The molecule has 164 valence electrons. The minimum Gasteiger partial charge on any atom is -0.461 e. The summed E-state index contributed by atoms with van der Waals surface area (Å²) in [5.74, 6) is 1.00. The Kier molecular flexibility index (Phi) is 5.73. The van der Waals surface area contributed by atoms with Gasteiger partial charge in [-0.1, -0.05) is 18.2 Å². The van der Waals surface area contributed by atoms with Gasteiger partial charge in [-0.2, -0.15) is 0 Å². The fourth-order valence-electron chi connectivity index (χ4n) is 4.15. The van der Waals surface area contributed by atoms with Crippen molar-refractivity contribution in [3.8, 4) is 11.3 Å². The summed E-state index contributed by atoms with van der Waals surface area (Å²) in [7, 11) is 0. The van der Waals surface area contributed by atoms with Crippen LogP contribution >= 0.6 is 0 Å². The van der Waals surface area contributed by atoms with Gasteiger partial charge in [0, 0.05) is 58.0 Å². The molecule has 0 aliphatic carbocycles. The number of aryl methyl sites for hydroxylation is 1. The Morgan fingerprint density at radius 3 is 2.62 bits per heavy atom. The number of nitrogens with zero attached hydrogens (tertiary/aromatic N) is 4. The minimum absolute atomic E-state index is 0.126. The molecule has 1 aromatic carbocycles. The fourth-order valence-corrected chi connectivity index (χ4v) is 4.15. The molecule has 6 nitrogen and oxygen atoms in total. The SMILES string of the molecule is O=C(CCc1ccc(-c2ccccc2F)o1)N1CCN(Cc2cn3ccccc3n2)CC1. The third-order valence-corrected chi connectivity index (χ3v) is 5.91. The van der Waals surface area contributed by atoms with E-state index in [1.54, 1.807) is 24.3 Å². The van der Waals surface area contributed by atoms with Gasteiger partial charge in [0.1, 0.15) is 23.0 Å². The number of aromatic nitrogens is 2. The molecule has 5 rings (SSSR count). The van der Waals surface area contributed by atoms with Crippen LogP contribution in [0.25, 0.3) is 17.0 Å². The lowest BCUT2D eigenvalue weighted by molar-refractivity contribution is -0.133. The number of carbonyl (C=O) groups excluding carboxylic acids is 1. The van der Waals surface area contributed by atoms with Gasteiger partial charge in [0.15, 0.2) is 0 Å². The number of fused-ring (bicyclic) bond motifs is 1. The van der Waals surface area contributed by atoms with Crippen molar-refractivity contribution in [1.29, 1.82) is 0 Å². The highest BCUT2D eigenvalue weighted by Gasteiger charge is 2.22. The lowest BCUT2D eigenvalue weighted by Crippen LogP contribution is -2.48. The number of furan rings is 1. The van der Waals surface area contributed by atoms with Crippen LogP contribution in [0.2, 0.25) is 0 Å². The van der Waals surface area contributed by atoms with Gasteiger partial charge in [0.05, 0.1) is 11.3 Å². The molecule has 0 N–H and O–H groups in total. The third-order valence-electron chi connectivity index (χ3n) is 5.91. The Morgan fingerprint density at radius 1 is 1.00 bits per heavy atom. The molecule has 1 aliphatic rings. The standard InChI is InChI=1S/C25H25FN4O2/c26-22-6-2-1-5-21(22)23-10-8-20(32-23)9-11-25(31)29-15-13-28(14-16-29)17-19-18-30-12-4-3-7-24(30)27-19/h1-8,10,12,18H,9,11,13-17H2. The van der Waals surface area contributed by atoms with Crippen molar-refractivity contribution < 1.29 is 13.6 Å². The second kappa shape index (κ2) is 8.96. The summed E-state index contributed by atoms with van der Waals surface area (Å²) in [4.78, 5) is 21.6. The molecule has 4 heterocycles. The van der Waals surface area contributed by atoms with E-state index in [0.29, 0.717) is 43.0 Å². The van der Waals surface area contributed by atoms with Gasteiger partial charge >= 0.3 is 0 Å². The maximum atomic E-state index is 13.9. The van der Waals surface area contributed by atoms with Gasteiger partial charge in [0.2, 0.25) is 5.91 Å². The summed E-state index contributed by atoms with van der Waals surface area (Å²) in [5.41, 5.74) is 2.43. The number of pyridine rings is 1. The molecule has 0 atom stereocenters. The van der Waals surface area contributed by atoms with Crippen LogP contribution in [0.4, 0.5) is 4.39 Å². The van der Waals surface area contributed by atoms with E-state index in [1.807, 2.05) is 39.8 Å². The van der Waals surface area contributed by atoms with Crippen LogP contribution in [-0.2, 0) is 17.8 Å². The fraction of sp³-hybridized carbons (Fsp3) is 0.280. The van der Waals surface area contributed by atoms with Crippen molar-refractivity contribution in [1.82, 2.24) is 19.2 Å². The van der Waals surface area contributed by atoms with E-state index >= 15 is 0 Å². The summed E-state index contributed by atoms with van der Waals surface area (Å²) in [6, 6.07) is 16.1. The van der Waals surface area contributed by atoms with Crippen molar-refractivity contribution in [3.05, 3.63) is 84.3 Å². The zero-order valence-electron chi connectivity index (χ0n) is 17.8. The summed E-state index contributed by atoms with van der Waals surface area (Å²) >= 11 is 0. The summed E-state index contributed by atoms with van der Waals surface area (Å²) in [6.45, 7) is 3.88. The number of imidazole rings is 1. The highest BCUT2D eigenvalue weighted by Crippen LogP contribution is 2.25. The molecule has 32 heavy (non-hydrogen) atoms. The number of rotatable bonds is 6. The van der Waals surface area contributed by atoms with Crippen molar-refractivity contribution in [2.75, 3.05) is 26.2 Å². The number of piperazine rings is 1. The van der Waals surface area contributed by atoms with Gasteiger partial charge in [-0.15, -0.1) is 0 Å². The van der Waals surface area contributed by atoms with Gasteiger partial charge in [-0.25, -0.2) is 9.37 Å². The van der Waals surface area contributed by atoms with Crippen molar-refractivity contribution in [3.63, 3.8) is 0 Å². The first-order valence-electron chi connectivity index (χ1n) is 10.9. The summed E-state index contributed by atoms with van der Waals surface area (Å²) in [6.07, 6.45) is 4.96. The topological polar surface area (TPSA) is 54.0 Å². The number of hydrogen-bond donors (Lipinski definition) is 0. The maximum absolute atomic E-state index is 13.9. The van der Waals surface area contributed by atoms with E-state index in [-0.39, 0.29) is 11.7 Å². The first-order chi connectivity index (χ1) is 15.7. The normalized spacial score (nSPS) is 14.8. The Labute approximate surface area is 185 Å². The van der Waals surface area contributed by atoms with Crippen LogP contribution in [0.5, 0.6) is 0 Å². The molecule has 0 unspecified atom stereocenters. The smallest absolute Gasteiger partial charge is 0.223 e. The van der Waals surface area contributed by atoms with Gasteiger partial charge in [-0.05, 0) is 36.4 Å². The molecular formula is C25H25FN4O2. The molecule has 3 aromatic heterocycles. The molecular weight excluding hydrogens is 407 g/mol. The average Bonchev–Trinajstić information content (AvgIpc) is 3.45. The van der Waals surface area contributed by atoms with Gasteiger partial charge in [-0.3, -0.25) is 9.69 Å². The zero-order valence-corrected chi connectivity index (χ0v) is 17.8. The van der Waals surface area contributed by atoms with E-state index < -0.39 is 0 Å². The minimum atomic E-state index is -0.314. The lowest BCUT2D eigenvalue weighted by atomic mass is 10.1. The molecule has 0 bridgehead atoms. The predicted molar refractivity (Wildman–Crippen MR) is 119 cm³/mol. The number of benzene rings is 1. The van der Waals surface area contributed by atoms with Crippen LogP contribution in [0.15, 0.2) is 71.4 Å². The Morgan fingerprint density at radius 2 is 1.81 bits per heavy atom. The molecule has 1 amide bonds. The van der Waals surface area contributed by atoms with E-state index in [1.165, 1.54) is 6.07 Å². The van der Waals surface area contributed by atoms with E-state index in [2.05, 4.69) is 16.1 Å². The van der Waals surface area contributed by atoms with E-state index in [4.69, 9.17) is 4.42 Å². The molecule has 1 saturated heterocycles. The first-order valence-corrected chi connectivity index (χ1v) is 10.9. The molecule has 4 aromatic rings. The number of halogens is 1. The summed E-state index contributed by atoms with van der Waals surface area (Å²) < 4.78 is 21.7. The summed E-state index contributed by atoms with van der Waals surface area (Å²) in [5, 5.41) is 0. The molecule has 1 aliphatic heterocycles. The molecule has 7 heteroatoms. The molecule has 0 spiro atoms. The van der Waals surface area contributed by atoms with Crippen molar-refractivity contribution in [2.45, 2.75) is 19.4 Å². The van der Waals surface area contributed by atoms with Gasteiger partial charge < -0.3 is 13.7 Å². The number of amides is 1. The van der Waals surface area contributed by atoms with Crippen LogP contribution < -0.4 is 0 Å². The lowest BCUT2D eigenvalue weighted by Gasteiger charge is -2.34. The molecule has 1 fully saturated rings. The van der Waals surface area contributed by atoms with Gasteiger partial charge in [0.25, 0.3) is 0 Å². The average molecular weight is 432 g/mol. The van der Waals surface area contributed by atoms with E-state index in [9.17, 15) is 9.18 Å². The zero-order chi connectivity index (χ0) is 21.9. The maximum Gasteiger partial charge on any atom is 0.223 e. The molecule has 0 radical (unpaired) electrons. The third kappa shape index (κ3) is 4.43. The second-order valence-electron chi connectivity index (χ2n) is 8.10. The predicted octanol–water partition coefficient (Wildman–Crippen LogP) is 4.01. The van der Waals surface area contributed by atoms with Crippen molar-refractivity contribution >= 4 is 11.6 Å². The quantitative estimate of drug-likeness (QED) is 0.462. The van der Waals surface area contributed by atoms with Crippen molar-refractivity contribution in [2.24, 2.45) is 0 Å². The first kappa shape index (κ1) is 20.5. The number of hydrogen-bond acceptors (Lipinski definition) is 4.